The highest BCUT2D eigenvalue weighted by atomic mass is 35.5. The first-order valence-corrected chi connectivity index (χ1v) is 8.26. The second kappa shape index (κ2) is 10.4. The van der Waals surface area contributed by atoms with Crippen molar-refractivity contribution in [2.24, 2.45) is 7.05 Å². The van der Waals surface area contributed by atoms with Gasteiger partial charge in [-0.3, -0.25) is 15.1 Å². The first kappa shape index (κ1) is 20.5. The lowest BCUT2D eigenvalue weighted by molar-refractivity contribution is -0.137. The second-order valence-corrected chi connectivity index (χ2v) is 5.76. The summed E-state index contributed by atoms with van der Waals surface area (Å²) in [5.41, 5.74) is 5.64. The van der Waals surface area contributed by atoms with Crippen LogP contribution in [0.4, 0.5) is 5.69 Å². The van der Waals surface area contributed by atoms with Crippen LogP contribution in [0.2, 0.25) is 0 Å². The number of aliphatic carboxylic acids is 1. The largest absolute Gasteiger partial charge is 0.481 e. The fourth-order valence-corrected chi connectivity index (χ4v) is 2.53. The fraction of sp³-hybridized carbons (Fsp3) is 0.500. The predicted octanol–water partition coefficient (Wildman–Crippen LogP) is 3.76. The fourth-order valence-electron chi connectivity index (χ4n) is 2.34. The zero-order valence-electron chi connectivity index (χ0n) is 13.6. The summed E-state index contributed by atoms with van der Waals surface area (Å²) in [7, 11) is 1.95. The number of alkyl halides is 1. The number of carbonyl (C=O) groups is 1. The van der Waals surface area contributed by atoms with Crippen LogP contribution in [-0.2, 0) is 23.1 Å². The van der Waals surface area contributed by atoms with E-state index < -0.39 is 5.97 Å². The number of fused-ring (bicyclic) bond motifs is 1. The van der Waals surface area contributed by atoms with Gasteiger partial charge < -0.3 is 9.67 Å². The summed E-state index contributed by atoms with van der Waals surface area (Å²) in [6, 6.07) is 5.84. The molecule has 0 spiro atoms. The monoisotopic (exact) mass is 375 g/mol. The maximum atomic E-state index is 10.6. The van der Waals surface area contributed by atoms with Crippen LogP contribution in [0.3, 0.4) is 0 Å². The van der Waals surface area contributed by atoms with E-state index in [0.717, 1.165) is 35.4 Å². The van der Waals surface area contributed by atoms with Crippen molar-refractivity contribution in [3.05, 3.63) is 24.0 Å². The lowest BCUT2D eigenvalue weighted by atomic mass is 10.2. The van der Waals surface area contributed by atoms with E-state index in [0.29, 0.717) is 25.3 Å². The third-order valence-electron chi connectivity index (χ3n) is 3.58. The SMILES string of the molecule is Cl.Cn1c(CCCC(=O)O)nc2cc(NOCCCCCl)ccc21. The zero-order valence-corrected chi connectivity index (χ0v) is 15.2. The van der Waals surface area contributed by atoms with Gasteiger partial charge in [-0.2, -0.15) is 0 Å². The standard InChI is InChI=1S/C16H22ClN3O3.ClH/c1-20-14-8-7-12(19-23-10-3-2-9-17)11-13(14)18-15(20)5-4-6-16(21)22;/h7-8,11,19H,2-6,9-10H2,1H3,(H,21,22);1H. The second-order valence-electron chi connectivity index (χ2n) is 5.38. The number of aryl methyl sites for hydroxylation is 2. The van der Waals surface area contributed by atoms with Crippen molar-refractivity contribution in [3.63, 3.8) is 0 Å². The molecule has 6 nitrogen and oxygen atoms in total. The number of imidazole rings is 1. The first-order valence-electron chi connectivity index (χ1n) is 7.72. The zero-order chi connectivity index (χ0) is 16.7. The molecule has 0 aliphatic heterocycles. The molecule has 0 radical (unpaired) electrons. The summed E-state index contributed by atoms with van der Waals surface area (Å²) in [6.07, 6.45) is 3.24. The molecular weight excluding hydrogens is 353 g/mol. The van der Waals surface area contributed by atoms with Crippen molar-refractivity contribution in [2.75, 3.05) is 18.0 Å². The van der Waals surface area contributed by atoms with Gasteiger partial charge in [0.1, 0.15) is 5.82 Å². The molecule has 0 aliphatic rings. The number of benzene rings is 1. The number of carboxylic acids is 1. The van der Waals surface area contributed by atoms with Gasteiger partial charge in [-0.15, -0.1) is 24.0 Å². The van der Waals surface area contributed by atoms with Crippen LogP contribution in [0.5, 0.6) is 0 Å². The Labute approximate surface area is 152 Å². The van der Waals surface area contributed by atoms with Gasteiger partial charge in [-0.25, -0.2) is 4.98 Å². The van der Waals surface area contributed by atoms with Crippen molar-refractivity contribution in [1.29, 1.82) is 0 Å². The summed E-state index contributed by atoms with van der Waals surface area (Å²) < 4.78 is 2.00. The predicted molar refractivity (Wildman–Crippen MR) is 98.1 cm³/mol. The Hall–Kier alpha value is -1.50. The van der Waals surface area contributed by atoms with E-state index in [1.165, 1.54) is 0 Å². The summed E-state index contributed by atoms with van der Waals surface area (Å²) in [4.78, 5) is 20.6. The van der Waals surface area contributed by atoms with Gasteiger partial charge in [0.15, 0.2) is 0 Å². The Kier molecular flexibility index (Phi) is 8.89. The van der Waals surface area contributed by atoms with Crippen molar-refractivity contribution >= 4 is 46.7 Å². The summed E-state index contributed by atoms with van der Waals surface area (Å²) in [5.74, 6) is 0.761. The molecule has 2 rings (SSSR count). The molecule has 134 valence electrons. The topological polar surface area (TPSA) is 76.4 Å². The van der Waals surface area contributed by atoms with Gasteiger partial charge in [-0.1, -0.05) is 0 Å². The van der Waals surface area contributed by atoms with E-state index in [4.69, 9.17) is 21.5 Å². The molecule has 8 heteroatoms. The van der Waals surface area contributed by atoms with E-state index in [9.17, 15) is 4.79 Å². The van der Waals surface area contributed by atoms with E-state index in [2.05, 4.69) is 10.5 Å². The highest BCUT2D eigenvalue weighted by molar-refractivity contribution is 6.17. The smallest absolute Gasteiger partial charge is 0.303 e. The molecule has 0 bridgehead atoms. The average molecular weight is 376 g/mol. The molecule has 0 amide bonds. The highest BCUT2D eigenvalue weighted by Gasteiger charge is 2.09. The molecule has 0 fully saturated rings. The van der Waals surface area contributed by atoms with Crippen molar-refractivity contribution < 1.29 is 14.7 Å². The van der Waals surface area contributed by atoms with Crippen molar-refractivity contribution in [3.8, 4) is 0 Å². The third-order valence-corrected chi connectivity index (χ3v) is 3.85. The molecule has 0 saturated heterocycles. The quantitative estimate of drug-likeness (QED) is 0.375. The van der Waals surface area contributed by atoms with Crippen LogP contribution in [0.1, 0.15) is 31.5 Å². The van der Waals surface area contributed by atoms with Crippen LogP contribution in [-0.4, -0.2) is 33.1 Å². The molecule has 0 aliphatic carbocycles. The summed E-state index contributed by atoms with van der Waals surface area (Å²) in [5, 5.41) is 8.72. The van der Waals surface area contributed by atoms with Gasteiger partial charge in [-0.05, 0) is 37.5 Å². The van der Waals surface area contributed by atoms with Crippen LogP contribution in [0.25, 0.3) is 11.0 Å². The van der Waals surface area contributed by atoms with Crippen LogP contribution in [0.15, 0.2) is 18.2 Å². The van der Waals surface area contributed by atoms with E-state index in [1.54, 1.807) is 0 Å². The van der Waals surface area contributed by atoms with Crippen LogP contribution in [0, 0.1) is 0 Å². The first-order chi connectivity index (χ1) is 11.1. The Bertz CT molecular complexity index is 661. The minimum absolute atomic E-state index is 0. The highest BCUT2D eigenvalue weighted by Crippen LogP contribution is 2.20. The van der Waals surface area contributed by atoms with Crippen molar-refractivity contribution in [2.45, 2.75) is 32.1 Å². The molecule has 0 atom stereocenters. The summed E-state index contributed by atoms with van der Waals surface area (Å²) in [6.45, 7) is 0.605. The van der Waals surface area contributed by atoms with Gasteiger partial charge in [0.2, 0.25) is 0 Å². The number of rotatable bonds is 10. The van der Waals surface area contributed by atoms with Gasteiger partial charge in [0.05, 0.1) is 23.3 Å². The maximum Gasteiger partial charge on any atom is 0.303 e. The minimum Gasteiger partial charge on any atom is -0.481 e. The molecule has 1 heterocycles. The van der Waals surface area contributed by atoms with Crippen LogP contribution < -0.4 is 5.48 Å². The number of nitrogens with one attached hydrogen (secondary N) is 1. The number of nitrogens with zero attached hydrogens (tertiary/aromatic N) is 2. The van der Waals surface area contributed by atoms with E-state index >= 15 is 0 Å². The normalized spacial score (nSPS) is 10.6. The van der Waals surface area contributed by atoms with Gasteiger partial charge in [0.25, 0.3) is 0 Å². The Balaban J connectivity index is 0.00000288. The van der Waals surface area contributed by atoms with Gasteiger partial charge >= 0.3 is 5.97 Å². The summed E-state index contributed by atoms with van der Waals surface area (Å²) >= 11 is 5.61. The molecule has 2 N–H and O–H groups in total. The number of carboxylic acid groups (broad SMARTS) is 1. The molecule has 24 heavy (non-hydrogen) atoms. The molecule has 0 saturated carbocycles. The van der Waals surface area contributed by atoms with Crippen molar-refractivity contribution in [1.82, 2.24) is 9.55 Å². The number of unbranched alkanes of at least 4 members (excludes halogenated alkanes) is 1. The van der Waals surface area contributed by atoms with E-state index in [-0.39, 0.29) is 18.8 Å². The Morgan fingerprint density at radius 3 is 2.88 bits per heavy atom. The minimum atomic E-state index is -0.776. The lowest BCUT2D eigenvalue weighted by Gasteiger charge is -2.06. The van der Waals surface area contributed by atoms with Crippen LogP contribution >= 0.6 is 24.0 Å². The maximum absolute atomic E-state index is 10.6. The number of hydrogen-bond donors (Lipinski definition) is 2. The number of halogens is 2. The Morgan fingerprint density at radius 1 is 1.38 bits per heavy atom. The number of aromatic nitrogens is 2. The molecule has 1 aromatic carbocycles. The average Bonchev–Trinajstić information content (AvgIpc) is 2.83. The molecule has 0 unspecified atom stereocenters. The molecule has 1 aromatic heterocycles. The van der Waals surface area contributed by atoms with Gasteiger partial charge in [0, 0.05) is 25.8 Å². The van der Waals surface area contributed by atoms with E-state index in [1.807, 2.05) is 29.8 Å². The molecule has 2 aromatic rings. The Morgan fingerprint density at radius 2 is 2.17 bits per heavy atom. The molecular formula is C16H23Cl2N3O3. The third kappa shape index (κ3) is 5.85. The number of anilines is 1. The number of hydrogen-bond acceptors (Lipinski definition) is 4. The lowest BCUT2D eigenvalue weighted by Crippen LogP contribution is -2.03.